The summed E-state index contributed by atoms with van der Waals surface area (Å²) in [5.41, 5.74) is 3.04. The van der Waals surface area contributed by atoms with Crippen molar-refractivity contribution in [3.63, 3.8) is 0 Å². The summed E-state index contributed by atoms with van der Waals surface area (Å²) in [6.45, 7) is 4.60. The van der Waals surface area contributed by atoms with Crippen molar-refractivity contribution in [2.24, 2.45) is 0 Å². The van der Waals surface area contributed by atoms with Gasteiger partial charge in [0.25, 0.3) is 0 Å². The van der Waals surface area contributed by atoms with Crippen molar-refractivity contribution in [1.29, 1.82) is 0 Å². The largest absolute Gasteiger partial charge is 0.0776 e. The molecule has 0 aliphatic heterocycles. The van der Waals surface area contributed by atoms with Crippen LogP contribution < -0.4 is 0 Å². The molecule has 2 unspecified atom stereocenters. The van der Waals surface area contributed by atoms with Crippen LogP contribution in [-0.4, -0.2) is 0 Å². The Morgan fingerprint density at radius 3 is 1.57 bits per heavy atom. The summed E-state index contributed by atoms with van der Waals surface area (Å²) in [5.74, 6) is 1.38. The molecule has 0 radical (unpaired) electrons. The third-order valence-electron chi connectivity index (χ3n) is 4.65. The van der Waals surface area contributed by atoms with Crippen molar-refractivity contribution in [3.05, 3.63) is 71.8 Å². The Hall–Kier alpha value is -1.56. The first-order chi connectivity index (χ1) is 10.8. The monoisotopic (exact) mass is 310 g/mol. The van der Waals surface area contributed by atoms with E-state index >= 15 is 0 Å². The first kappa shape index (κ1) is 19.5. The van der Waals surface area contributed by atoms with E-state index in [1.54, 1.807) is 0 Å². The third-order valence-corrected chi connectivity index (χ3v) is 4.65. The summed E-state index contributed by atoms with van der Waals surface area (Å²) in [6.07, 6.45) is 7.75. The first-order valence-corrected chi connectivity index (χ1v) is 8.95. The highest BCUT2D eigenvalue weighted by molar-refractivity contribution is 5.23. The lowest BCUT2D eigenvalue weighted by Crippen LogP contribution is -2.07. The molecule has 0 N–H and O–H groups in total. The van der Waals surface area contributed by atoms with Gasteiger partial charge in [-0.15, -0.1) is 0 Å². The van der Waals surface area contributed by atoms with Crippen LogP contribution in [0.15, 0.2) is 60.7 Å². The molecule has 23 heavy (non-hydrogen) atoms. The summed E-state index contributed by atoms with van der Waals surface area (Å²) in [6, 6.07) is 22.2. The number of hydrogen-bond donors (Lipinski definition) is 0. The van der Waals surface area contributed by atoms with Crippen LogP contribution in [0, 0.1) is 0 Å². The van der Waals surface area contributed by atoms with Crippen LogP contribution in [0.25, 0.3) is 0 Å². The molecule has 2 rings (SSSR count). The molecule has 0 saturated heterocycles. The van der Waals surface area contributed by atoms with Gasteiger partial charge in [0.15, 0.2) is 0 Å². The standard InChI is InChI=1S/C22H30.CH4/c1-3-5-13-22(20-16-10-7-11-17-20)18-21(12-4-2)19-14-8-6-9-15-19;/h6-11,14-17,21-22H,3-5,12-13,18H2,1-2H3;1H4. The van der Waals surface area contributed by atoms with Gasteiger partial charge in [-0.05, 0) is 42.2 Å². The summed E-state index contributed by atoms with van der Waals surface area (Å²) in [4.78, 5) is 0. The molecule has 0 aliphatic rings. The average molecular weight is 311 g/mol. The van der Waals surface area contributed by atoms with Crippen molar-refractivity contribution in [2.45, 2.75) is 71.6 Å². The van der Waals surface area contributed by atoms with E-state index < -0.39 is 0 Å². The maximum absolute atomic E-state index is 2.31. The van der Waals surface area contributed by atoms with Crippen LogP contribution in [0.4, 0.5) is 0 Å². The normalized spacial score (nSPS) is 13.1. The Labute approximate surface area is 144 Å². The summed E-state index contributed by atoms with van der Waals surface area (Å²) in [5, 5.41) is 0. The zero-order valence-electron chi connectivity index (χ0n) is 14.2. The number of hydrogen-bond acceptors (Lipinski definition) is 0. The van der Waals surface area contributed by atoms with Crippen molar-refractivity contribution >= 4 is 0 Å². The van der Waals surface area contributed by atoms with Crippen LogP contribution in [0.1, 0.15) is 82.8 Å². The predicted molar refractivity (Wildman–Crippen MR) is 104 cm³/mol. The highest BCUT2D eigenvalue weighted by Gasteiger charge is 2.18. The molecule has 0 bridgehead atoms. The number of benzene rings is 2. The van der Waals surface area contributed by atoms with Gasteiger partial charge >= 0.3 is 0 Å². The van der Waals surface area contributed by atoms with Crippen molar-refractivity contribution in [2.75, 3.05) is 0 Å². The molecule has 0 heteroatoms. The fraction of sp³-hybridized carbons (Fsp3) is 0.478. The van der Waals surface area contributed by atoms with Crippen LogP contribution >= 0.6 is 0 Å². The van der Waals surface area contributed by atoms with Gasteiger partial charge in [-0.2, -0.15) is 0 Å². The Morgan fingerprint density at radius 1 is 0.652 bits per heavy atom. The maximum atomic E-state index is 2.31. The van der Waals surface area contributed by atoms with Crippen molar-refractivity contribution in [3.8, 4) is 0 Å². The van der Waals surface area contributed by atoms with Gasteiger partial charge in [-0.25, -0.2) is 0 Å². The quantitative estimate of drug-likeness (QED) is 0.448. The van der Waals surface area contributed by atoms with Gasteiger partial charge in [-0.1, -0.05) is 101 Å². The molecule has 2 aromatic carbocycles. The van der Waals surface area contributed by atoms with Crippen LogP contribution in [0.5, 0.6) is 0 Å². The van der Waals surface area contributed by atoms with E-state index in [1.165, 1.54) is 49.7 Å². The zero-order valence-corrected chi connectivity index (χ0v) is 14.2. The Kier molecular flexibility index (Phi) is 9.36. The molecule has 2 aromatic rings. The van der Waals surface area contributed by atoms with Crippen molar-refractivity contribution in [1.82, 2.24) is 0 Å². The van der Waals surface area contributed by atoms with Gasteiger partial charge in [0.2, 0.25) is 0 Å². The smallest absolute Gasteiger partial charge is 0.0156 e. The van der Waals surface area contributed by atoms with Gasteiger partial charge in [-0.3, -0.25) is 0 Å². The van der Waals surface area contributed by atoms with E-state index in [1.807, 2.05) is 0 Å². The molecular weight excluding hydrogens is 276 g/mol. The lowest BCUT2D eigenvalue weighted by Gasteiger charge is -2.24. The van der Waals surface area contributed by atoms with Gasteiger partial charge < -0.3 is 0 Å². The predicted octanol–water partition coefficient (Wildman–Crippen LogP) is 7.57. The topological polar surface area (TPSA) is 0 Å². The van der Waals surface area contributed by atoms with E-state index in [-0.39, 0.29) is 7.43 Å². The summed E-state index contributed by atoms with van der Waals surface area (Å²) < 4.78 is 0. The molecule has 0 fully saturated rings. The minimum absolute atomic E-state index is 0. The highest BCUT2D eigenvalue weighted by atomic mass is 14.2. The molecule has 0 aromatic heterocycles. The van der Waals surface area contributed by atoms with Crippen LogP contribution in [0.2, 0.25) is 0 Å². The third kappa shape index (κ3) is 6.22. The molecular formula is C23H34. The lowest BCUT2D eigenvalue weighted by atomic mass is 9.80. The van der Waals surface area contributed by atoms with Gasteiger partial charge in [0.1, 0.15) is 0 Å². The molecule has 0 amide bonds. The Balaban J connectivity index is 0.00000264. The van der Waals surface area contributed by atoms with Gasteiger partial charge in [0, 0.05) is 0 Å². The second-order valence-electron chi connectivity index (χ2n) is 6.38. The molecule has 0 aliphatic carbocycles. The minimum Gasteiger partial charge on any atom is -0.0776 e. The van der Waals surface area contributed by atoms with Crippen LogP contribution in [0.3, 0.4) is 0 Å². The second kappa shape index (κ2) is 11.0. The Bertz CT molecular complexity index is 500. The molecule has 0 heterocycles. The molecule has 0 saturated carbocycles. The maximum Gasteiger partial charge on any atom is -0.0156 e. The fourth-order valence-corrected chi connectivity index (χ4v) is 3.43. The van der Waals surface area contributed by atoms with E-state index in [0.717, 1.165) is 0 Å². The first-order valence-electron chi connectivity index (χ1n) is 8.95. The molecule has 0 nitrogen and oxygen atoms in total. The number of rotatable bonds is 9. The lowest BCUT2D eigenvalue weighted by molar-refractivity contribution is 0.467. The highest BCUT2D eigenvalue weighted by Crippen LogP contribution is 2.35. The summed E-state index contributed by atoms with van der Waals surface area (Å²) >= 11 is 0. The molecule has 2 atom stereocenters. The van der Waals surface area contributed by atoms with Gasteiger partial charge in [0.05, 0.1) is 0 Å². The van der Waals surface area contributed by atoms with E-state index in [4.69, 9.17) is 0 Å². The van der Waals surface area contributed by atoms with E-state index in [0.29, 0.717) is 11.8 Å². The van der Waals surface area contributed by atoms with Crippen LogP contribution in [-0.2, 0) is 0 Å². The van der Waals surface area contributed by atoms with E-state index in [9.17, 15) is 0 Å². The molecule has 126 valence electrons. The average Bonchev–Trinajstić information content (AvgIpc) is 2.59. The van der Waals surface area contributed by atoms with E-state index in [2.05, 4.69) is 74.5 Å². The number of unbranched alkanes of at least 4 members (excludes halogenated alkanes) is 1. The minimum atomic E-state index is 0. The Morgan fingerprint density at radius 2 is 1.13 bits per heavy atom. The fourth-order valence-electron chi connectivity index (χ4n) is 3.43. The molecule has 0 spiro atoms. The summed E-state index contributed by atoms with van der Waals surface area (Å²) in [7, 11) is 0. The second-order valence-corrected chi connectivity index (χ2v) is 6.38. The SMILES string of the molecule is C.CCCCC(CC(CCC)c1ccccc1)c1ccccc1. The zero-order chi connectivity index (χ0) is 15.6. The van der Waals surface area contributed by atoms with Crippen molar-refractivity contribution < 1.29 is 0 Å².